The zero-order chi connectivity index (χ0) is 22.4. The van der Waals surface area contributed by atoms with Crippen molar-refractivity contribution in [3.8, 4) is 0 Å². The third-order valence-electron chi connectivity index (χ3n) is 5.74. The van der Waals surface area contributed by atoms with E-state index in [0.29, 0.717) is 26.2 Å². The maximum absolute atomic E-state index is 13.3. The number of nitrogens with zero attached hydrogens (tertiary/aromatic N) is 3. The van der Waals surface area contributed by atoms with Gasteiger partial charge in [0.05, 0.1) is 25.2 Å². The van der Waals surface area contributed by atoms with E-state index in [1.54, 1.807) is 10.4 Å². The molecule has 0 radical (unpaired) electrons. The van der Waals surface area contributed by atoms with Gasteiger partial charge in [-0.2, -0.15) is 0 Å². The number of para-hydroxylation sites is 1. The number of benzene rings is 1. The number of rotatable bonds is 6. The number of nitrogens with one attached hydrogen (secondary N) is 1. The highest BCUT2D eigenvalue weighted by Crippen LogP contribution is 2.28. The zero-order valence-electron chi connectivity index (χ0n) is 17.2. The van der Waals surface area contributed by atoms with Gasteiger partial charge in [0.25, 0.3) is 0 Å². The number of carbonyl (C=O) groups excluding carboxylic acids is 2. The summed E-state index contributed by atoms with van der Waals surface area (Å²) in [4.78, 5) is 42.3. The Hall–Kier alpha value is -3.11. The van der Waals surface area contributed by atoms with E-state index < -0.39 is 36.0 Å². The number of likely N-dealkylation sites (tertiary alicyclic amines) is 1. The number of piperazine rings is 1. The van der Waals surface area contributed by atoms with E-state index in [-0.39, 0.29) is 19.6 Å². The van der Waals surface area contributed by atoms with Gasteiger partial charge in [-0.25, -0.2) is 10.3 Å². The number of hydroxylamine groups is 1. The van der Waals surface area contributed by atoms with Gasteiger partial charge in [-0.15, -0.1) is 6.58 Å². The van der Waals surface area contributed by atoms with Crippen molar-refractivity contribution in [2.75, 3.05) is 44.2 Å². The van der Waals surface area contributed by atoms with E-state index in [9.17, 15) is 24.7 Å². The van der Waals surface area contributed by atoms with Gasteiger partial charge in [-0.3, -0.25) is 19.7 Å². The van der Waals surface area contributed by atoms with Crippen LogP contribution in [0.3, 0.4) is 0 Å². The molecule has 1 aromatic rings. The number of anilines is 1. The molecule has 0 aromatic heterocycles. The Morgan fingerprint density at radius 1 is 1.16 bits per heavy atom. The fourth-order valence-electron chi connectivity index (χ4n) is 4.21. The molecule has 2 saturated heterocycles. The van der Waals surface area contributed by atoms with Gasteiger partial charge in [0.2, 0.25) is 11.8 Å². The first kappa shape index (κ1) is 22.6. The largest absolute Gasteiger partial charge is 0.465 e. The van der Waals surface area contributed by atoms with Crippen LogP contribution in [0, 0.1) is 5.92 Å². The van der Waals surface area contributed by atoms with Gasteiger partial charge in [-0.1, -0.05) is 24.3 Å². The predicted octanol–water partition coefficient (Wildman–Crippen LogP) is 0.780. The van der Waals surface area contributed by atoms with Gasteiger partial charge in [0.15, 0.2) is 0 Å². The lowest BCUT2D eigenvalue weighted by molar-refractivity contribution is -0.152. The first-order chi connectivity index (χ1) is 15.0. The molecule has 31 heavy (non-hydrogen) atoms. The minimum Gasteiger partial charge on any atom is -0.465 e. The molecule has 0 aliphatic carbocycles. The summed E-state index contributed by atoms with van der Waals surface area (Å²) in [5.74, 6) is -2.31. The molecule has 3 atom stereocenters. The summed E-state index contributed by atoms with van der Waals surface area (Å²) < 4.78 is 5.56. The molecule has 3 amide bonds. The molecule has 2 fully saturated rings. The summed E-state index contributed by atoms with van der Waals surface area (Å²) in [6.45, 7) is 5.70. The number of amides is 3. The van der Waals surface area contributed by atoms with Crippen molar-refractivity contribution < 1.29 is 29.4 Å². The number of piperidine rings is 1. The molecule has 1 aromatic carbocycles. The summed E-state index contributed by atoms with van der Waals surface area (Å²) in [6.07, 6.45) is -0.264. The molecule has 2 aliphatic heterocycles. The molecule has 168 valence electrons. The summed E-state index contributed by atoms with van der Waals surface area (Å²) in [6, 6.07) is 8.60. The second-order valence-electron chi connectivity index (χ2n) is 7.59. The fourth-order valence-corrected chi connectivity index (χ4v) is 4.21. The quantitative estimate of drug-likeness (QED) is 0.345. The van der Waals surface area contributed by atoms with Crippen molar-refractivity contribution in [2.24, 2.45) is 5.92 Å². The maximum Gasteiger partial charge on any atom is 0.408 e. The Balaban J connectivity index is 1.75. The summed E-state index contributed by atoms with van der Waals surface area (Å²) >= 11 is 0. The third kappa shape index (κ3) is 5.15. The van der Waals surface area contributed by atoms with Crippen molar-refractivity contribution in [3.05, 3.63) is 43.0 Å². The number of carboxylic acid groups (broad SMARTS) is 1. The Labute approximate surface area is 180 Å². The number of ether oxygens (including phenoxy) is 1. The van der Waals surface area contributed by atoms with Crippen molar-refractivity contribution in [1.82, 2.24) is 15.3 Å². The van der Waals surface area contributed by atoms with Crippen LogP contribution < -0.4 is 10.4 Å². The normalized spacial score (nSPS) is 23.9. The molecule has 0 spiro atoms. The smallest absolute Gasteiger partial charge is 0.408 e. The Bertz CT molecular complexity index is 796. The second kappa shape index (κ2) is 10.3. The minimum atomic E-state index is -1.32. The minimum absolute atomic E-state index is 0.0429. The molecule has 2 heterocycles. The second-order valence-corrected chi connectivity index (χ2v) is 7.59. The molecule has 0 saturated carbocycles. The van der Waals surface area contributed by atoms with Crippen molar-refractivity contribution >= 4 is 23.6 Å². The first-order valence-corrected chi connectivity index (χ1v) is 10.2. The van der Waals surface area contributed by atoms with E-state index in [1.165, 1.54) is 6.08 Å². The lowest BCUT2D eigenvalue weighted by Gasteiger charge is -2.44. The van der Waals surface area contributed by atoms with Gasteiger partial charge >= 0.3 is 6.09 Å². The van der Waals surface area contributed by atoms with Crippen LogP contribution in [-0.2, 0) is 14.3 Å². The molecule has 3 rings (SSSR count). The molecular formula is C21H28N4O6. The predicted molar refractivity (Wildman–Crippen MR) is 112 cm³/mol. The van der Waals surface area contributed by atoms with Gasteiger partial charge in [0.1, 0.15) is 6.04 Å². The lowest BCUT2D eigenvalue weighted by Crippen LogP contribution is -2.64. The maximum atomic E-state index is 13.3. The van der Waals surface area contributed by atoms with Crippen LogP contribution >= 0.6 is 0 Å². The van der Waals surface area contributed by atoms with Gasteiger partial charge < -0.3 is 19.6 Å². The monoisotopic (exact) mass is 432 g/mol. The van der Waals surface area contributed by atoms with Gasteiger partial charge in [-0.05, 0) is 18.6 Å². The van der Waals surface area contributed by atoms with Crippen molar-refractivity contribution in [2.45, 2.75) is 18.6 Å². The van der Waals surface area contributed by atoms with E-state index in [1.807, 2.05) is 30.3 Å². The molecule has 10 heteroatoms. The summed E-state index contributed by atoms with van der Waals surface area (Å²) in [5.41, 5.74) is 2.63. The fraction of sp³-hybridized carbons (Fsp3) is 0.476. The topological polar surface area (TPSA) is 123 Å². The standard InChI is InChI=1S/C21H28N4O6/c1-2-12-31-16-13-17(19(26)22-30)18(25(14-16)21(28)29)20(27)24-10-8-23(9-11-24)15-6-4-3-5-7-15/h2-7,16-18,30H,1,8-14H2,(H,22,26)(H,28,29)/t16-,17-,18-/m0/s1. The Kier molecular flexibility index (Phi) is 7.48. The number of carbonyl (C=O) groups is 3. The first-order valence-electron chi connectivity index (χ1n) is 10.2. The zero-order valence-corrected chi connectivity index (χ0v) is 17.2. The van der Waals surface area contributed by atoms with E-state index in [2.05, 4.69) is 11.5 Å². The Morgan fingerprint density at radius 3 is 2.42 bits per heavy atom. The average Bonchev–Trinajstić information content (AvgIpc) is 2.81. The third-order valence-corrected chi connectivity index (χ3v) is 5.74. The average molecular weight is 432 g/mol. The van der Waals surface area contributed by atoms with Crippen molar-refractivity contribution in [3.63, 3.8) is 0 Å². The summed E-state index contributed by atoms with van der Waals surface area (Å²) in [7, 11) is 0. The van der Waals surface area contributed by atoms with Crippen LogP contribution in [0.1, 0.15) is 6.42 Å². The van der Waals surface area contributed by atoms with Crippen LogP contribution in [0.4, 0.5) is 10.5 Å². The van der Waals surface area contributed by atoms with Crippen LogP contribution in [-0.4, -0.2) is 89.5 Å². The highest BCUT2D eigenvalue weighted by molar-refractivity contribution is 5.92. The van der Waals surface area contributed by atoms with Crippen LogP contribution in [0.2, 0.25) is 0 Å². The molecule has 0 bridgehead atoms. The molecule has 3 N–H and O–H groups in total. The molecule has 2 aliphatic rings. The van der Waals surface area contributed by atoms with Gasteiger partial charge in [0, 0.05) is 31.9 Å². The Morgan fingerprint density at radius 2 is 1.84 bits per heavy atom. The SMILES string of the molecule is C=CCO[C@H]1C[C@H](C(=O)NO)[C@@H](C(=O)N2CCN(c3ccccc3)CC2)N(C(=O)O)C1. The van der Waals surface area contributed by atoms with Crippen LogP contribution in [0.15, 0.2) is 43.0 Å². The lowest BCUT2D eigenvalue weighted by atomic mass is 9.86. The number of hydrogen-bond acceptors (Lipinski definition) is 6. The van der Waals surface area contributed by atoms with Crippen LogP contribution in [0.25, 0.3) is 0 Å². The van der Waals surface area contributed by atoms with E-state index in [4.69, 9.17) is 4.74 Å². The molecule has 10 nitrogen and oxygen atoms in total. The van der Waals surface area contributed by atoms with Crippen LogP contribution in [0.5, 0.6) is 0 Å². The van der Waals surface area contributed by atoms with E-state index >= 15 is 0 Å². The summed E-state index contributed by atoms with van der Waals surface area (Å²) in [5, 5.41) is 18.9. The highest BCUT2D eigenvalue weighted by atomic mass is 16.5. The molecular weight excluding hydrogens is 404 g/mol. The molecule has 0 unspecified atom stereocenters. The highest BCUT2D eigenvalue weighted by Gasteiger charge is 2.48. The van der Waals surface area contributed by atoms with E-state index in [0.717, 1.165) is 10.6 Å². The van der Waals surface area contributed by atoms with Crippen molar-refractivity contribution in [1.29, 1.82) is 0 Å². The number of hydrogen-bond donors (Lipinski definition) is 3.